The van der Waals surface area contributed by atoms with Crippen molar-refractivity contribution in [1.82, 2.24) is 14.5 Å². The highest BCUT2D eigenvalue weighted by atomic mass is 15.2. The first kappa shape index (κ1) is 21.5. The molecular weight excluding hydrogens is 416 g/mol. The van der Waals surface area contributed by atoms with E-state index in [-0.39, 0.29) is 5.41 Å². The van der Waals surface area contributed by atoms with E-state index < -0.39 is 0 Å². The fourth-order valence-corrected chi connectivity index (χ4v) is 6.29. The summed E-state index contributed by atoms with van der Waals surface area (Å²) in [4.78, 5) is 6.23. The number of likely N-dealkylation sites (N-methyl/N-ethyl adjacent to an activating group) is 1. The van der Waals surface area contributed by atoms with Gasteiger partial charge in [0.1, 0.15) is 5.82 Å². The maximum absolute atomic E-state index is 3.78. The maximum atomic E-state index is 3.78. The molecule has 3 atom stereocenters. The lowest BCUT2D eigenvalue weighted by Gasteiger charge is -2.46. The van der Waals surface area contributed by atoms with E-state index in [0.717, 1.165) is 19.5 Å². The highest BCUT2D eigenvalue weighted by Gasteiger charge is 2.40. The molecule has 1 saturated heterocycles. The molecule has 2 aromatic heterocycles. The zero-order valence-electron chi connectivity index (χ0n) is 20.8. The molecule has 2 N–H and O–H groups in total. The first-order valence-electron chi connectivity index (χ1n) is 12.7. The molecule has 0 amide bonds. The third-order valence-corrected chi connectivity index (χ3v) is 8.11. The molecule has 1 fully saturated rings. The molecule has 1 aliphatic carbocycles. The van der Waals surface area contributed by atoms with Crippen molar-refractivity contribution in [1.29, 1.82) is 0 Å². The number of rotatable bonds is 4. The standard InChI is InChI=1S/C30H36N4/c1-30(2,3)22-15-25-24-13-20(17-32-28-11-8-12-34(28)23-9-6-5-7-10-23)19-33(4)27(24)14-21-18-31-26(16-22)29(21)25/h5-12,15-16,18,20,24,27,31-32H,13-14,17,19H2,1-4H3/t20-,24+,27+/m0/s1. The van der Waals surface area contributed by atoms with Crippen LogP contribution >= 0.6 is 0 Å². The maximum Gasteiger partial charge on any atom is 0.110 e. The molecule has 0 spiro atoms. The van der Waals surface area contributed by atoms with Gasteiger partial charge in [-0.3, -0.25) is 0 Å². The van der Waals surface area contributed by atoms with Gasteiger partial charge in [0.05, 0.1) is 0 Å². The van der Waals surface area contributed by atoms with E-state index in [4.69, 9.17) is 0 Å². The van der Waals surface area contributed by atoms with Gasteiger partial charge in [-0.1, -0.05) is 45.0 Å². The minimum atomic E-state index is 0.146. The summed E-state index contributed by atoms with van der Waals surface area (Å²) in [5, 5.41) is 5.28. The Morgan fingerprint density at radius 2 is 1.88 bits per heavy atom. The van der Waals surface area contributed by atoms with Gasteiger partial charge in [0, 0.05) is 54.0 Å². The number of likely N-dealkylation sites (tertiary alicyclic amines) is 1. The quantitative estimate of drug-likeness (QED) is 0.380. The van der Waals surface area contributed by atoms with E-state index in [1.165, 1.54) is 40.0 Å². The Kier molecular flexibility index (Phi) is 5.11. The van der Waals surface area contributed by atoms with Crippen molar-refractivity contribution >= 4 is 16.7 Å². The number of nitrogens with one attached hydrogen (secondary N) is 2. The summed E-state index contributed by atoms with van der Waals surface area (Å²) >= 11 is 0. The van der Waals surface area contributed by atoms with Crippen LogP contribution in [-0.4, -0.2) is 40.6 Å². The number of nitrogens with zero attached hydrogens (tertiary/aromatic N) is 2. The SMILES string of the molecule is CN1C[C@H](CNc2cccn2-c2ccccc2)C[C@@H]2c3cc(C(C)(C)C)cc4[nH]cc(c34)C[C@H]21. The van der Waals surface area contributed by atoms with E-state index in [1.807, 2.05) is 0 Å². The summed E-state index contributed by atoms with van der Waals surface area (Å²) in [7, 11) is 2.33. The molecule has 2 aliphatic rings. The van der Waals surface area contributed by atoms with Crippen molar-refractivity contribution in [2.75, 3.05) is 25.5 Å². The van der Waals surface area contributed by atoms with Gasteiger partial charge in [-0.2, -0.15) is 0 Å². The second-order valence-corrected chi connectivity index (χ2v) is 11.5. The second kappa shape index (κ2) is 8.06. The lowest BCUT2D eigenvalue weighted by molar-refractivity contribution is 0.117. The van der Waals surface area contributed by atoms with E-state index in [2.05, 4.69) is 115 Å². The predicted molar refractivity (Wildman–Crippen MR) is 142 cm³/mol. The number of hydrogen-bond acceptors (Lipinski definition) is 2. The summed E-state index contributed by atoms with van der Waals surface area (Å²) in [5.41, 5.74) is 7.17. The zero-order valence-corrected chi connectivity index (χ0v) is 20.8. The Hall–Kier alpha value is -2.98. The Balaban J connectivity index is 1.27. The summed E-state index contributed by atoms with van der Waals surface area (Å²) in [6.07, 6.45) is 6.79. The van der Waals surface area contributed by atoms with Gasteiger partial charge < -0.3 is 19.8 Å². The van der Waals surface area contributed by atoms with Gasteiger partial charge in [0.15, 0.2) is 0 Å². The molecule has 0 saturated carbocycles. The molecule has 3 heterocycles. The average molecular weight is 453 g/mol. The van der Waals surface area contributed by atoms with Gasteiger partial charge in [-0.05, 0) is 78.2 Å². The van der Waals surface area contributed by atoms with Crippen LogP contribution in [0.5, 0.6) is 0 Å². The van der Waals surface area contributed by atoms with Gasteiger partial charge in [0.25, 0.3) is 0 Å². The minimum Gasteiger partial charge on any atom is -0.371 e. The number of piperidine rings is 1. The normalized spacial score (nSPS) is 22.6. The number of anilines is 1. The third-order valence-electron chi connectivity index (χ3n) is 8.11. The lowest BCUT2D eigenvalue weighted by Crippen LogP contribution is -2.49. The monoisotopic (exact) mass is 452 g/mol. The fourth-order valence-electron chi connectivity index (χ4n) is 6.29. The summed E-state index contributed by atoms with van der Waals surface area (Å²) in [6.45, 7) is 9.11. The second-order valence-electron chi connectivity index (χ2n) is 11.5. The zero-order chi connectivity index (χ0) is 23.4. The predicted octanol–water partition coefficient (Wildman–Crippen LogP) is 6.33. The molecule has 0 bridgehead atoms. The van der Waals surface area contributed by atoms with Gasteiger partial charge in [0.2, 0.25) is 0 Å². The van der Waals surface area contributed by atoms with Gasteiger partial charge >= 0.3 is 0 Å². The number of aromatic nitrogens is 2. The number of benzene rings is 2. The van der Waals surface area contributed by atoms with Crippen LogP contribution in [0.4, 0.5) is 5.82 Å². The largest absolute Gasteiger partial charge is 0.371 e. The average Bonchev–Trinajstić information content (AvgIpc) is 3.46. The van der Waals surface area contributed by atoms with Crippen LogP contribution in [0, 0.1) is 5.92 Å². The van der Waals surface area contributed by atoms with E-state index in [1.54, 1.807) is 5.56 Å². The van der Waals surface area contributed by atoms with Gasteiger partial charge in [-0.15, -0.1) is 0 Å². The molecule has 0 radical (unpaired) electrons. The van der Waals surface area contributed by atoms with Crippen molar-refractivity contribution in [2.45, 2.75) is 51.0 Å². The van der Waals surface area contributed by atoms with Crippen LogP contribution in [0.3, 0.4) is 0 Å². The molecule has 34 heavy (non-hydrogen) atoms. The van der Waals surface area contributed by atoms with Crippen LogP contribution in [0.25, 0.3) is 16.6 Å². The molecule has 176 valence electrons. The first-order chi connectivity index (χ1) is 16.4. The number of aromatic amines is 1. The summed E-state index contributed by atoms with van der Waals surface area (Å²) in [6, 6.07) is 20.4. The van der Waals surface area contributed by atoms with Crippen LogP contribution < -0.4 is 5.32 Å². The number of H-pyrrole nitrogens is 1. The summed E-state index contributed by atoms with van der Waals surface area (Å²) < 4.78 is 2.25. The molecule has 2 aromatic carbocycles. The number of fused-ring (bicyclic) bond motifs is 2. The van der Waals surface area contributed by atoms with Crippen LogP contribution in [0.15, 0.2) is 67.0 Å². The number of hydrogen-bond donors (Lipinski definition) is 2. The molecule has 6 rings (SSSR count). The first-order valence-corrected chi connectivity index (χ1v) is 12.7. The molecule has 4 aromatic rings. The Bertz CT molecular complexity index is 1310. The van der Waals surface area contributed by atoms with Crippen molar-refractivity contribution in [2.24, 2.45) is 5.92 Å². The summed E-state index contributed by atoms with van der Waals surface area (Å²) in [5.74, 6) is 2.36. The molecule has 4 heteroatoms. The highest BCUT2D eigenvalue weighted by Crippen LogP contribution is 2.46. The highest BCUT2D eigenvalue weighted by molar-refractivity contribution is 5.89. The lowest BCUT2D eigenvalue weighted by atomic mass is 9.71. The van der Waals surface area contributed by atoms with E-state index in [0.29, 0.717) is 17.9 Å². The van der Waals surface area contributed by atoms with Crippen molar-refractivity contribution in [3.05, 3.63) is 83.7 Å². The van der Waals surface area contributed by atoms with Crippen molar-refractivity contribution in [3.63, 3.8) is 0 Å². The van der Waals surface area contributed by atoms with Crippen LogP contribution in [0.2, 0.25) is 0 Å². The molecule has 4 nitrogen and oxygen atoms in total. The Morgan fingerprint density at radius 1 is 1.06 bits per heavy atom. The van der Waals surface area contributed by atoms with E-state index in [9.17, 15) is 0 Å². The van der Waals surface area contributed by atoms with Gasteiger partial charge in [-0.25, -0.2) is 0 Å². The van der Waals surface area contributed by atoms with E-state index >= 15 is 0 Å². The third kappa shape index (κ3) is 3.65. The molecular formula is C30H36N4. The molecule has 0 unspecified atom stereocenters. The minimum absolute atomic E-state index is 0.146. The van der Waals surface area contributed by atoms with Crippen LogP contribution in [0.1, 0.15) is 49.8 Å². The van der Waals surface area contributed by atoms with Crippen molar-refractivity contribution < 1.29 is 0 Å². The molecule has 1 aliphatic heterocycles. The fraction of sp³-hybridized carbons (Fsp3) is 0.400. The Labute approximate surface area is 203 Å². The Morgan fingerprint density at radius 3 is 2.68 bits per heavy atom. The van der Waals surface area contributed by atoms with Crippen molar-refractivity contribution in [3.8, 4) is 5.69 Å². The topological polar surface area (TPSA) is 36.0 Å². The smallest absolute Gasteiger partial charge is 0.110 e. The van der Waals surface area contributed by atoms with Crippen LogP contribution in [-0.2, 0) is 11.8 Å². The number of para-hydroxylation sites is 1.